The quantitative estimate of drug-likeness (QED) is 0.296. The Morgan fingerprint density at radius 2 is 1.73 bits per heavy atom. The van der Waals surface area contributed by atoms with Crippen molar-refractivity contribution in [1.29, 1.82) is 0 Å². The number of unbranched alkanes of at least 4 members (excludes halogenated alkanes) is 1. The van der Waals surface area contributed by atoms with Crippen LogP contribution in [0.5, 0.6) is 0 Å². The molecule has 33 heavy (non-hydrogen) atoms. The van der Waals surface area contributed by atoms with E-state index in [9.17, 15) is 0 Å². The van der Waals surface area contributed by atoms with Gasteiger partial charge in [-0.3, -0.25) is 0 Å². The van der Waals surface area contributed by atoms with Crippen molar-refractivity contribution in [2.75, 3.05) is 52.4 Å². The van der Waals surface area contributed by atoms with E-state index >= 15 is 0 Å². The van der Waals surface area contributed by atoms with Crippen LogP contribution in [0.25, 0.3) is 0 Å². The largest absolute Gasteiger partial charge is 0.330 e. The van der Waals surface area contributed by atoms with Gasteiger partial charge in [-0.25, -0.2) is 0 Å². The lowest BCUT2D eigenvalue weighted by Gasteiger charge is -2.49. The molecule has 1 aliphatic carbocycles. The second-order valence-corrected chi connectivity index (χ2v) is 13.3. The van der Waals surface area contributed by atoms with Gasteiger partial charge in [0.15, 0.2) is 0 Å². The standard InChI is InChI=1S/C28H55ClN4/c1-22(2)27(31-15-11-23-12-17-32(19-23)16-6-5-14-30)20-33-18-13-26(28(3,4)21-33)24-7-9-25(29)10-8-24/h22-27,31H,5-21,30H2,1-4H3/t23-,24?,25?,26?,27+/m1/s1. The van der Waals surface area contributed by atoms with E-state index in [1.165, 1.54) is 104 Å². The predicted molar refractivity (Wildman–Crippen MR) is 144 cm³/mol. The third-order valence-electron chi connectivity index (χ3n) is 9.18. The van der Waals surface area contributed by atoms with Crippen molar-refractivity contribution < 1.29 is 0 Å². The minimum absolute atomic E-state index is 0.417. The van der Waals surface area contributed by atoms with Crippen LogP contribution in [0.2, 0.25) is 0 Å². The first-order valence-electron chi connectivity index (χ1n) is 14.3. The van der Waals surface area contributed by atoms with Gasteiger partial charge in [0.05, 0.1) is 0 Å². The molecule has 2 saturated heterocycles. The van der Waals surface area contributed by atoms with Crippen LogP contribution in [0.1, 0.15) is 85.5 Å². The van der Waals surface area contributed by atoms with Crippen molar-refractivity contribution >= 4 is 11.6 Å². The fourth-order valence-corrected chi connectivity index (χ4v) is 7.34. The molecule has 3 atom stereocenters. The molecule has 5 heteroatoms. The summed E-state index contributed by atoms with van der Waals surface area (Å²) < 4.78 is 0. The van der Waals surface area contributed by atoms with Crippen LogP contribution < -0.4 is 11.1 Å². The fourth-order valence-electron chi connectivity index (χ4n) is 7.09. The smallest absolute Gasteiger partial charge is 0.0336 e. The number of rotatable bonds is 12. The molecule has 0 aromatic carbocycles. The molecule has 0 radical (unpaired) electrons. The van der Waals surface area contributed by atoms with E-state index in [1.54, 1.807) is 0 Å². The van der Waals surface area contributed by atoms with Crippen molar-refractivity contribution in [1.82, 2.24) is 15.1 Å². The number of hydrogen-bond acceptors (Lipinski definition) is 4. The minimum atomic E-state index is 0.417. The lowest BCUT2D eigenvalue weighted by atomic mass is 9.64. The Morgan fingerprint density at radius 3 is 2.39 bits per heavy atom. The molecule has 1 saturated carbocycles. The Balaban J connectivity index is 1.39. The Morgan fingerprint density at radius 1 is 1.00 bits per heavy atom. The molecular formula is C28H55ClN4. The zero-order valence-electron chi connectivity index (χ0n) is 22.3. The van der Waals surface area contributed by atoms with Crippen LogP contribution >= 0.6 is 11.6 Å². The number of nitrogens with one attached hydrogen (secondary N) is 1. The zero-order chi connectivity index (χ0) is 23.8. The highest BCUT2D eigenvalue weighted by Gasteiger charge is 2.41. The van der Waals surface area contributed by atoms with E-state index in [0.717, 1.165) is 24.3 Å². The molecule has 0 amide bonds. The van der Waals surface area contributed by atoms with Crippen LogP contribution in [0.3, 0.4) is 0 Å². The number of nitrogens with zero attached hydrogens (tertiary/aromatic N) is 2. The molecule has 2 aliphatic heterocycles. The third-order valence-corrected chi connectivity index (χ3v) is 9.62. The first-order valence-corrected chi connectivity index (χ1v) is 14.7. The van der Waals surface area contributed by atoms with Crippen LogP contribution in [0.15, 0.2) is 0 Å². The first kappa shape index (κ1) is 27.7. The maximum atomic E-state index is 6.40. The summed E-state index contributed by atoms with van der Waals surface area (Å²) in [7, 11) is 0. The SMILES string of the molecule is CC(C)[C@H](CN1CCC(C2CCC(Cl)CC2)C(C)(C)C1)NCC[C@@H]1CCN(CCCCN)C1. The highest BCUT2D eigenvalue weighted by atomic mass is 35.5. The minimum Gasteiger partial charge on any atom is -0.330 e. The van der Waals surface area contributed by atoms with Crippen molar-refractivity contribution in [2.45, 2.75) is 96.9 Å². The lowest BCUT2D eigenvalue weighted by molar-refractivity contribution is 0.00481. The van der Waals surface area contributed by atoms with Crippen LogP contribution in [-0.4, -0.2) is 73.6 Å². The summed E-state index contributed by atoms with van der Waals surface area (Å²) >= 11 is 6.40. The molecule has 3 rings (SSSR count). The van der Waals surface area contributed by atoms with Crippen LogP contribution in [0, 0.1) is 29.1 Å². The Kier molecular flexibility index (Phi) is 11.3. The summed E-state index contributed by atoms with van der Waals surface area (Å²) in [5, 5.41) is 4.41. The number of hydrogen-bond donors (Lipinski definition) is 2. The molecule has 4 nitrogen and oxygen atoms in total. The average molecular weight is 483 g/mol. The highest BCUT2D eigenvalue weighted by Crippen LogP contribution is 2.45. The molecule has 3 fully saturated rings. The van der Waals surface area contributed by atoms with Crippen molar-refractivity contribution in [2.24, 2.45) is 34.8 Å². The molecule has 2 heterocycles. The van der Waals surface area contributed by atoms with Gasteiger partial charge in [0.1, 0.15) is 0 Å². The van der Waals surface area contributed by atoms with Gasteiger partial charge in [-0.15, -0.1) is 11.6 Å². The molecular weight excluding hydrogens is 428 g/mol. The normalized spacial score (nSPS) is 32.5. The number of nitrogens with two attached hydrogens (primary N) is 1. The van der Waals surface area contributed by atoms with Crippen molar-refractivity contribution in [3.05, 3.63) is 0 Å². The summed E-state index contributed by atoms with van der Waals surface area (Å²) in [6, 6.07) is 0.603. The van der Waals surface area contributed by atoms with Gasteiger partial charge in [0, 0.05) is 31.1 Å². The number of likely N-dealkylation sites (tertiary alicyclic amines) is 2. The van der Waals surface area contributed by atoms with Crippen molar-refractivity contribution in [3.8, 4) is 0 Å². The van der Waals surface area contributed by atoms with Crippen molar-refractivity contribution in [3.63, 3.8) is 0 Å². The topological polar surface area (TPSA) is 44.5 Å². The summed E-state index contributed by atoms with van der Waals surface area (Å²) in [6.07, 6.45) is 11.7. The molecule has 0 bridgehead atoms. The first-order chi connectivity index (χ1) is 15.8. The van der Waals surface area contributed by atoms with E-state index in [-0.39, 0.29) is 0 Å². The van der Waals surface area contributed by atoms with E-state index < -0.39 is 0 Å². The summed E-state index contributed by atoms with van der Waals surface area (Å²) in [4.78, 5) is 5.43. The Labute approximate surface area is 210 Å². The maximum Gasteiger partial charge on any atom is 0.0336 e. The summed E-state index contributed by atoms with van der Waals surface area (Å²) in [6.45, 7) is 19.4. The Hall–Kier alpha value is 0.130. The number of piperidine rings is 1. The van der Waals surface area contributed by atoms with Crippen LogP contribution in [0.4, 0.5) is 0 Å². The van der Waals surface area contributed by atoms with Crippen LogP contribution in [-0.2, 0) is 0 Å². The lowest BCUT2D eigenvalue weighted by Crippen LogP contribution is -2.53. The second-order valence-electron chi connectivity index (χ2n) is 12.7. The molecule has 3 N–H and O–H groups in total. The number of alkyl halides is 1. The highest BCUT2D eigenvalue weighted by molar-refractivity contribution is 6.20. The average Bonchev–Trinajstić information content (AvgIpc) is 3.21. The van der Waals surface area contributed by atoms with Gasteiger partial charge in [-0.05, 0) is 120 Å². The van der Waals surface area contributed by atoms with Gasteiger partial charge < -0.3 is 20.9 Å². The predicted octanol–water partition coefficient (Wildman–Crippen LogP) is 5.20. The Bertz CT molecular complexity index is 546. The molecule has 3 aliphatic rings. The van der Waals surface area contributed by atoms with Gasteiger partial charge in [-0.2, -0.15) is 0 Å². The van der Waals surface area contributed by atoms with E-state index in [2.05, 4.69) is 42.8 Å². The molecule has 1 unspecified atom stereocenters. The molecule has 194 valence electrons. The van der Waals surface area contributed by atoms with Gasteiger partial charge in [-0.1, -0.05) is 27.7 Å². The molecule has 0 aromatic rings. The maximum absolute atomic E-state index is 6.40. The monoisotopic (exact) mass is 482 g/mol. The van der Waals surface area contributed by atoms with Gasteiger partial charge in [0.25, 0.3) is 0 Å². The molecule has 0 spiro atoms. The second kappa shape index (κ2) is 13.4. The third kappa shape index (κ3) is 8.63. The fraction of sp³-hybridized carbons (Fsp3) is 1.00. The summed E-state index contributed by atoms with van der Waals surface area (Å²) in [5.74, 6) is 3.33. The summed E-state index contributed by atoms with van der Waals surface area (Å²) in [5.41, 5.74) is 6.07. The van der Waals surface area contributed by atoms with E-state index in [0.29, 0.717) is 22.8 Å². The number of halogens is 1. The zero-order valence-corrected chi connectivity index (χ0v) is 23.1. The molecule has 0 aromatic heterocycles. The van der Waals surface area contributed by atoms with Gasteiger partial charge >= 0.3 is 0 Å². The van der Waals surface area contributed by atoms with E-state index in [4.69, 9.17) is 17.3 Å². The van der Waals surface area contributed by atoms with E-state index in [1.807, 2.05) is 0 Å². The van der Waals surface area contributed by atoms with Gasteiger partial charge in [0.2, 0.25) is 0 Å².